The van der Waals surface area contributed by atoms with Gasteiger partial charge in [-0.3, -0.25) is 19.1 Å². The van der Waals surface area contributed by atoms with Gasteiger partial charge in [0.25, 0.3) is 5.91 Å². The lowest BCUT2D eigenvalue weighted by atomic mass is 9.85. The number of ether oxygens (including phenoxy) is 2. The minimum Gasteiger partial charge on any atom is -0.479 e. The van der Waals surface area contributed by atoms with Crippen LogP contribution < -0.4 is 24.8 Å². The molecule has 0 radical (unpaired) electrons. The van der Waals surface area contributed by atoms with Gasteiger partial charge in [-0.1, -0.05) is 44.6 Å². The molecule has 0 spiro atoms. The monoisotopic (exact) mass is 726 g/mol. The third-order valence-corrected chi connectivity index (χ3v) is 13.1. The summed E-state index contributed by atoms with van der Waals surface area (Å²) >= 11 is 0. The highest BCUT2D eigenvalue weighted by atomic mass is 32.2. The lowest BCUT2D eigenvalue weighted by Crippen LogP contribution is -2.59. The van der Waals surface area contributed by atoms with Crippen molar-refractivity contribution >= 4 is 44.6 Å². The van der Waals surface area contributed by atoms with Crippen molar-refractivity contribution in [3.8, 4) is 11.8 Å². The molecule has 0 bridgehead atoms. The summed E-state index contributed by atoms with van der Waals surface area (Å²) in [5, 5.41) is 24.7. The topological polar surface area (TPSA) is 206 Å². The summed E-state index contributed by atoms with van der Waals surface area (Å²) in [4.78, 5) is 56.0. The van der Waals surface area contributed by atoms with Crippen LogP contribution in [0.1, 0.15) is 72.1 Å². The number of carbonyl (C=O) groups excluding carboxylic acids is 3. The molecule has 3 fully saturated rings. The maximum atomic E-state index is 14.5. The summed E-state index contributed by atoms with van der Waals surface area (Å²) in [6.07, 6.45) is 5.13. The number of nitrogens with zero attached hydrogens (tertiary/aromatic N) is 3. The SMILES string of the molecule is CC[C@@H]1C[C@H](C)CCC=C[C@@H]2C[C@@]2(C(=O)NS(=O)(=O)C2(C)CC2)NC(=O)[C@@H]2C[C@@H](Oc3nnc(OC)c4ccccc34)CN2C(=O)[C@H]1NC(=O)O. The number of benzene rings is 1. The molecule has 2 aliphatic carbocycles. The zero-order valence-corrected chi connectivity index (χ0v) is 30.1. The Kier molecular flexibility index (Phi) is 9.92. The van der Waals surface area contributed by atoms with E-state index < -0.39 is 68.2 Å². The molecule has 2 aromatic rings. The molecular weight excluding hydrogens is 680 g/mol. The van der Waals surface area contributed by atoms with Crippen LogP contribution in [0, 0.1) is 17.8 Å². The van der Waals surface area contributed by atoms with Crippen LogP contribution in [0.3, 0.4) is 0 Å². The molecule has 16 heteroatoms. The van der Waals surface area contributed by atoms with Crippen molar-refractivity contribution in [3.63, 3.8) is 0 Å². The Morgan fingerprint density at radius 3 is 2.45 bits per heavy atom. The predicted molar refractivity (Wildman–Crippen MR) is 185 cm³/mol. The molecule has 6 rings (SSSR count). The zero-order chi connectivity index (χ0) is 36.7. The average molecular weight is 727 g/mol. The minimum absolute atomic E-state index is 0.0127. The number of methoxy groups -OCH3 is 1. The van der Waals surface area contributed by atoms with E-state index in [1.54, 1.807) is 25.1 Å². The summed E-state index contributed by atoms with van der Waals surface area (Å²) in [7, 11) is -2.53. The molecule has 1 saturated heterocycles. The van der Waals surface area contributed by atoms with E-state index in [9.17, 15) is 32.7 Å². The van der Waals surface area contributed by atoms with Gasteiger partial charge in [0, 0.05) is 12.3 Å². The molecule has 4 aliphatic rings. The van der Waals surface area contributed by atoms with E-state index >= 15 is 0 Å². The number of nitrogens with one attached hydrogen (secondary N) is 3. The average Bonchev–Trinajstić information content (AvgIpc) is 3.97. The van der Waals surface area contributed by atoms with Gasteiger partial charge in [0.2, 0.25) is 33.6 Å². The number of rotatable bonds is 8. The third kappa shape index (κ3) is 7.19. The van der Waals surface area contributed by atoms with Crippen LogP contribution in [0.25, 0.3) is 10.8 Å². The van der Waals surface area contributed by atoms with Crippen LogP contribution >= 0.6 is 0 Å². The third-order valence-electron chi connectivity index (χ3n) is 11.0. The van der Waals surface area contributed by atoms with Crippen molar-refractivity contribution in [2.75, 3.05) is 13.7 Å². The summed E-state index contributed by atoms with van der Waals surface area (Å²) in [6, 6.07) is 4.87. The van der Waals surface area contributed by atoms with E-state index in [-0.39, 0.29) is 37.1 Å². The summed E-state index contributed by atoms with van der Waals surface area (Å²) < 4.78 is 39.1. The van der Waals surface area contributed by atoms with Crippen LogP contribution in [0.2, 0.25) is 0 Å². The maximum absolute atomic E-state index is 14.5. The van der Waals surface area contributed by atoms with Gasteiger partial charge in [0.05, 0.1) is 29.2 Å². The standard InChI is InChI=1S/C35H46N6O9S/c1-5-21-16-20(2)10-6-7-11-22-18-35(22,32(44)40-51(47,48)34(3)14-15-34)37-28(42)26-17-23(19-41(26)31(43)27(21)36-33(45)46)50-30-25-13-9-8-12-24(25)29(49-4)38-39-30/h7-9,11-13,20-23,26-27,36H,5-6,10,14-19H2,1-4H3,(H,37,42)(H,40,44)(H,45,46)/t20-,21-,22-,23-,26+,27+,35-/m1/s1. The van der Waals surface area contributed by atoms with Crippen molar-refractivity contribution in [2.45, 2.75) is 101 Å². The van der Waals surface area contributed by atoms with Crippen LogP contribution in [-0.2, 0) is 24.4 Å². The molecule has 1 aromatic heterocycles. The molecule has 276 valence electrons. The number of hydrogen-bond acceptors (Lipinski definition) is 10. The van der Waals surface area contributed by atoms with Crippen molar-refractivity contribution < 1.29 is 42.2 Å². The Bertz CT molecular complexity index is 1850. The van der Waals surface area contributed by atoms with Crippen molar-refractivity contribution in [1.29, 1.82) is 0 Å². The van der Waals surface area contributed by atoms with Crippen LogP contribution in [-0.4, -0.2) is 94.6 Å². The Labute approximate surface area is 296 Å². The molecule has 15 nitrogen and oxygen atoms in total. The van der Waals surface area contributed by atoms with Gasteiger partial charge in [-0.25, -0.2) is 13.2 Å². The number of sulfonamides is 1. The lowest BCUT2D eigenvalue weighted by Gasteiger charge is -2.33. The number of carbonyl (C=O) groups is 4. The lowest BCUT2D eigenvalue weighted by molar-refractivity contribution is -0.142. The highest BCUT2D eigenvalue weighted by Gasteiger charge is 2.63. The van der Waals surface area contributed by atoms with E-state index in [1.807, 2.05) is 32.1 Å². The minimum atomic E-state index is -4.00. The molecule has 4 amide bonds. The summed E-state index contributed by atoms with van der Waals surface area (Å²) in [5.41, 5.74) is -1.55. The fraction of sp³-hybridized carbons (Fsp3) is 0.600. The summed E-state index contributed by atoms with van der Waals surface area (Å²) in [5.74, 6) is -2.33. The Morgan fingerprint density at radius 1 is 1.12 bits per heavy atom. The Morgan fingerprint density at radius 2 is 1.80 bits per heavy atom. The molecule has 2 aliphatic heterocycles. The van der Waals surface area contributed by atoms with Gasteiger partial charge in [-0.05, 0) is 69.4 Å². The van der Waals surface area contributed by atoms with Gasteiger partial charge < -0.3 is 30.1 Å². The number of allylic oxidation sites excluding steroid dienone is 1. The van der Waals surface area contributed by atoms with Crippen molar-refractivity contribution in [1.82, 2.24) is 30.5 Å². The number of amides is 4. The van der Waals surface area contributed by atoms with Crippen LogP contribution in [0.15, 0.2) is 36.4 Å². The molecule has 3 heterocycles. The number of hydrogen-bond donors (Lipinski definition) is 4. The predicted octanol–water partition coefficient (Wildman–Crippen LogP) is 2.90. The van der Waals surface area contributed by atoms with E-state index in [4.69, 9.17) is 9.47 Å². The smallest absolute Gasteiger partial charge is 0.405 e. The molecule has 2 saturated carbocycles. The second-order valence-electron chi connectivity index (χ2n) is 14.6. The van der Waals surface area contributed by atoms with Crippen molar-refractivity contribution in [3.05, 3.63) is 36.4 Å². The quantitative estimate of drug-likeness (QED) is 0.291. The van der Waals surface area contributed by atoms with E-state index in [1.165, 1.54) is 12.0 Å². The van der Waals surface area contributed by atoms with Gasteiger partial charge >= 0.3 is 6.09 Å². The Balaban J connectivity index is 1.35. The second-order valence-corrected chi connectivity index (χ2v) is 16.8. The highest BCUT2D eigenvalue weighted by molar-refractivity contribution is 7.91. The first-order valence-corrected chi connectivity index (χ1v) is 19.0. The largest absolute Gasteiger partial charge is 0.479 e. The van der Waals surface area contributed by atoms with Gasteiger partial charge in [0.1, 0.15) is 23.7 Å². The van der Waals surface area contributed by atoms with Gasteiger partial charge in [0.15, 0.2) is 0 Å². The molecule has 51 heavy (non-hydrogen) atoms. The molecular formula is C35H46N6O9S. The van der Waals surface area contributed by atoms with Crippen LogP contribution in [0.4, 0.5) is 4.79 Å². The van der Waals surface area contributed by atoms with E-state index in [2.05, 4.69) is 25.6 Å². The number of aromatic nitrogens is 2. The number of carboxylic acid groups (broad SMARTS) is 1. The Hall–Kier alpha value is -4.47. The van der Waals surface area contributed by atoms with E-state index in [0.717, 1.165) is 6.42 Å². The number of fused-ring (bicyclic) bond motifs is 3. The van der Waals surface area contributed by atoms with Crippen LogP contribution in [0.5, 0.6) is 11.8 Å². The maximum Gasteiger partial charge on any atom is 0.405 e. The normalized spacial score (nSPS) is 30.5. The van der Waals surface area contributed by atoms with E-state index in [0.29, 0.717) is 48.8 Å². The van der Waals surface area contributed by atoms with Crippen molar-refractivity contribution in [2.24, 2.45) is 17.8 Å². The second kappa shape index (κ2) is 13.9. The zero-order valence-electron chi connectivity index (χ0n) is 29.3. The first-order valence-electron chi connectivity index (χ1n) is 17.5. The molecule has 4 N–H and O–H groups in total. The first-order chi connectivity index (χ1) is 24.2. The fourth-order valence-electron chi connectivity index (χ4n) is 7.40. The molecule has 7 atom stereocenters. The highest BCUT2D eigenvalue weighted by Crippen LogP contribution is 2.47. The summed E-state index contributed by atoms with van der Waals surface area (Å²) in [6.45, 7) is 5.43. The first kappa shape index (κ1) is 36.3. The van der Waals surface area contributed by atoms with Gasteiger partial charge in [-0.2, -0.15) is 0 Å². The fourth-order valence-corrected chi connectivity index (χ4v) is 8.71. The molecule has 0 unspecified atom stereocenters. The van der Waals surface area contributed by atoms with Gasteiger partial charge in [-0.15, -0.1) is 10.2 Å². The molecule has 1 aromatic carbocycles.